The highest BCUT2D eigenvalue weighted by molar-refractivity contribution is 8.01. The Bertz CT molecular complexity index is 820. The number of aryl methyl sites for hydroxylation is 1. The summed E-state index contributed by atoms with van der Waals surface area (Å²) >= 11 is 2.54. The number of thioether (sulfide) groups is 1. The van der Waals surface area contributed by atoms with Crippen molar-refractivity contribution in [3.63, 3.8) is 0 Å². The van der Waals surface area contributed by atoms with Crippen molar-refractivity contribution in [2.45, 2.75) is 11.3 Å². The molecular weight excluding hydrogens is 314 g/mol. The fourth-order valence-corrected chi connectivity index (χ4v) is 3.35. The van der Waals surface area contributed by atoms with Crippen LogP contribution in [0, 0.1) is 6.92 Å². The van der Waals surface area contributed by atoms with Gasteiger partial charge in [0.15, 0.2) is 10.1 Å². The van der Waals surface area contributed by atoms with E-state index >= 15 is 0 Å². The average molecular weight is 327 g/mol. The summed E-state index contributed by atoms with van der Waals surface area (Å²) in [5.41, 5.74) is 4.29. The highest BCUT2D eigenvalue weighted by Gasteiger charge is 2.20. The van der Waals surface area contributed by atoms with E-state index in [1.54, 1.807) is 0 Å². The lowest BCUT2D eigenvalue weighted by molar-refractivity contribution is 0.102. The molecule has 2 aromatic rings. The Morgan fingerprint density at radius 2 is 1.95 bits per heavy atom. The summed E-state index contributed by atoms with van der Waals surface area (Å²) < 4.78 is 2.58. The van der Waals surface area contributed by atoms with Gasteiger partial charge in [-0.2, -0.15) is 0 Å². The molecule has 0 aliphatic rings. The summed E-state index contributed by atoms with van der Waals surface area (Å²) in [5.74, 6) is -0.560. The quantitative estimate of drug-likeness (QED) is 0.611. The standard InChI is InChI=1S/C11H13N5O3S2/c1-5-13-14-10(21-5)20-4-6(17)7-8(12)15(2)11(19)16(3)9(7)18/h4,12H2,1-3H3. The Hall–Kier alpha value is -1.94. The fraction of sp³-hybridized carbons (Fsp3) is 0.364. The number of nitrogen functional groups attached to an aromatic ring is 1. The second-order valence-electron chi connectivity index (χ2n) is 4.26. The molecule has 10 heteroatoms. The third-order valence-corrected chi connectivity index (χ3v) is 4.79. The topological polar surface area (TPSA) is 113 Å². The van der Waals surface area contributed by atoms with Gasteiger partial charge >= 0.3 is 5.69 Å². The number of anilines is 1. The molecule has 8 nitrogen and oxygen atoms in total. The minimum atomic E-state index is -0.686. The Labute approximate surface area is 127 Å². The Balaban J connectivity index is 2.32. The van der Waals surface area contributed by atoms with E-state index in [1.165, 1.54) is 37.2 Å². The van der Waals surface area contributed by atoms with Crippen molar-refractivity contribution in [3.8, 4) is 0 Å². The normalized spacial score (nSPS) is 10.8. The predicted molar refractivity (Wildman–Crippen MR) is 81.0 cm³/mol. The van der Waals surface area contributed by atoms with Gasteiger partial charge < -0.3 is 5.73 Å². The second kappa shape index (κ2) is 5.82. The van der Waals surface area contributed by atoms with E-state index in [-0.39, 0.29) is 17.1 Å². The first-order valence-electron chi connectivity index (χ1n) is 5.84. The van der Waals surface area contributed by atoms with Crippen molar-refractivity contribution in [1.82, 2.24) is 19.3 Å². The Kier molecular flexibility index (Phi) is 4.28. The molecule has 0 fully saturated rings. The van der Waals surface area contributed by atoms with Crippen molar-refractivity contribution in [2.24, 2.45) is 14.1 Å². The van der Waals surface area contributed by atoms with Crippen LogP contribution in [-0.2, 0) is 14.1 Å². The third kappa shape index (κ3) is 2.90. The van der Waals surface area contributed by atoms with Gasteiger partial charge in [0, 0.05) is 14.1 Å². The van der Waals surface area contributed by atoms with E-state index in [2.05, 4.69) is 10.2 Å². The van der Waals surface area contributed by atoms with Crippen LogP contribution in [0.3, 0.4) is 0 Å². The second-order valence-corrected chi connectivity index (χ2v) is 6.67. The summed E-state index contributed by atoms with van der Waals surface area (Å²) in [6.07, 6.45) is 0. The van der Waals surface area contributed by atoms with Crippen LogP contribution in [0.5, 0.6) is 0 Å². The van der Waals surface area contributed by atoms with Crippen molar-refractivity contribution in [1.29, 1.82) is 0 Å². The molecule has 2 rings (SSSR count). The number of nitrogens with zero attached hydrogens (tertiary/aromatic N) is 4. The lowest BCUT2D eigenvalue weighted by Crippen LogP contribution is -2.41. The molecule has 0 saturated heterocycles. The minimum Gasteiger partial charge on any atom is -0.384 e. The summed E-state index contributed by atoms with van der Waals surface area (Å²) in [6, 6.07) is 0. The first-order chi connectivity index (χ1) is 9.82. The summed E-state index contributed by atoms with van der Waals surface area (Å²) in [7, 11) is 2.72. The van der Waals surface area contributed by atoms with Crippen LogP contribution in [0.1, 0.15) is 15.4 Å². The van der Waals surface area contributed by atoms with Gasteiger partial charge in [0.25, 0.3) is 5.56 Å². The van der Waals surface area contributed by atoms with Crippen LogP contribution in [-0.4, -0.2) is 30.9 Å². The number of carbonyl (C=O) groups excluding carboxylic acids is 1. The molecule has 0 atom stereocenters. The highest BCUT2D eigenvalue weighted by Crippen LogP contribution is 2.22. The zero-order valence-electron chi connectivity index (χ0n) is 11.6. The van der Waals surface area contributed by atoms with Crippen LogP contribution in [0.4, 0.5) is 5.82 Å². The van der Waals surface area contributed by atoms with Gasteiger partial charge in [-0.05, 0) is 6.92 Å². The Morgan fingerprint density at radius 1 is 1.29 bits per heavy atom. The molecule has 2 N–H and O–H groups in total. The molecule has 0 unspecified atom stereocenters. The van der Waals surface area contributed by atoms with Crippen LogP contribution in [0.15, 0.2) is 13.9 Å². The number of ketones is 1. The summed E-state index contributed by atoms with van der Waals surface area (Å²) in [4.78, 5) is 35.9. The lowest BCUT2D eigenvalue weighted by atomic mass is 10.2. The molecule has 0 amide bonds. The largest absolute Gasteiger partial charge is 0.384 e. The summed E-state index contributed by atoms with van der Waals surface area (Å²) in [5, 5.41) is 8.52. The van der Waals surface area contributed by atoms with Gasteiger partial charge in [0.2, 0.25) is 0 Å². The van der Waals surface area contributed by atoms with Gasteiger partial charge in [-0.25, -0.2) is 4.79 Å². The molecule has 21 heavy (non-hydrogen) atoms. The van der Waals surface area contributed by atoms with Gasteiger partial charge in [0.1, 0.15) is 16.4 Å². The molecule has 112 valence electrons. The molecule has 2 aromatic heterocycles. The first-order valence-corrected chi connectivity index (χ1v) is 7.64. The highest BCUT2D eigenvalue weighted by atomic mass is 32.2. The molecule has 0 aliphatic carbocycles. The average Bonchev–Trinajstić information content (AvgIpc) is 2.86. The maximum atomic E-state index is 12.2. The lowest BCUT2D eigenvalue weighted by Gasteiger charge is -2.10. The molecule has 0 aromatic carbocycles. The molecular formula is C11H13N5O3S2. The maximum Gasteiger partial charge on any atom is 0.332 e. The number of nitrogens with two attached hydrogens (primary N) is 1. The molecule has 2 heterocycles. The van der Waals surface area contributed by atoms with Gasteiger partial charge in [0.05, 0.1) is 5.75 Å². The zero-order valence-corrected chi connectivity index (χ0v) is 13.2. The monoisotopic (exact) mass is 327 g/mol. The number of aromatic nitrogens is 4. The van der Waals surface area contributed by atoms with E-state index in [0.29, 0.717) is 4.34 Å². The maximum absolute atomic E-state index is 12.2. The van der Waals surface area contributed by atoms with Gasteiger partial charge in [-0.3, -0.25) is 18.7 Å². The predicted octanol–water partition coefficient (Wildman–Crippen LogP) is -0.199. The van der Waals surface area contributed by atoms with Crippen LogP contribution in [0.2, 0.25) is 0 Å². The van der Waals surface area contributed by atoms with Gasteiger partial charge in [-0.1, -0.05) is 23.1 Å². The van der Waals surface area contributed by atoms with Crippen molar-refractivity contribution < 1.29 is 4.79 Å². The van der Waals surface area contributed by atoms with E-state index in [0.717, 1.165) is 14.1 Å². The van der Waals surface area contributed by atoms with E-state index < -0.39 is 17.0 Å². The molecule has 0 radical (unpaired) electrons. The van der Waals surface area contributed by atoms with Crippen LogP contribution < -0.4 is 17.0 Å². The van der Waals surface area contributed by atoms with Crippen LogP contribution >= 0.6 is 23.1 Å². The number of Topliss-reactive ketones (excluding diaryl/α,β-unsaturated/α-hetero) is 1. The smallest absolute Gasteiger partial charge is 0.332 e. The molecule has 0 saturated carbocycles. The fourth-order valence-electron chi connectivity index (χ4n) is 1.66. The Morgan fingerprint density at radius 3 is 2.52 bits per heavy atom. The van der Waals surface area contributed by atoms with Crippen molar-refractivity contribution in [3.05, 3.63) is 31.4 Å². The molecule has 0 bridgehead atoms. The van der Waals surface area contributed by atoms with Crippen LogP contribution in [0.25, 0.3) is 0 Å². The third-order valence-electron chi connectivity index (χ3n) is 2.82. The van der Waals surface area contributed by atoms with Crippen molar-refractivity contribution in [2.75, 3.05) is 11.5 Å². The van der Waals surface area contributed by atoms with E-state index in [1.807, 2.05) is 6.92 Å². The zero-order chi connectivity index (χ0) is 15.7. The number of hydrogen-bond acceptors (Lipinski definition) is 8. The number of hydrogen-bond donors (Lipinski definition) is 1. The van der Waals surface area contributed by atoms with E-state index in [9.17, 15) is 14.4 Å². The molecule has 0 spiro atoms. The number of carbonyl (C=O) groups is 1. The van der Waals surface area contributed by atoms with Crippen molar-refractivity contribution >= 4 is 34.7 Å². The number of rotatable bonds is 4. The first kappa shape index (κ1) is 15.4. The minimum absolute atomic E-state index is 0.00623. The summed E-state index contributed by atoms with van der Waals surface area (Å²) in [6.45, 7) is 1.81. The van der Waals surface area contributed by atoms with E-state index in [4.69, 9.17) is 5.73 Å². The molecule has 0 aliphatic heterocycles. The van der Waals surface area contributed by atoms with Gasteiger partial charge in [-0.15, -0.1) is 10.2 Å². The SMILES string of the molecule is Cc1nnc(SCC(=O)c2c(N)n(C)c(=O)n(C)c2=O)s1.